The van der Waals surface area contributed by atoms with Crippen LogP contribution in [0.1, 0.15) is 6.92 Å². The van der Waals surface area contributed by atoms with Gasteiger partial charge in [-0.1, -0.05) is 18.9 Å². The summed E-state index contributed by atoms with van der Waals surface area (Å²) in [5.74, 6) is 6.00. The van der Waals surface area contributed by atoms with E-state index in [9.17, 15) is 0 Å². The van der Waals surface area contributed by atoms with E-state index in [0.717, 1.165) is 5.75 Å². The molecule has 0 rings (SSSR count). The second kappa shape index (κ2) is 4.58. The molecule has 0 saturated carbocycles. The van der Waals surface area contributed by atoms with Crippen molar-refractivity contribution in [2.24, 2.45) is 16.7 Å². The van der Waals surface area contributed by atoms with Crippen molar-refractivity contribution in [2.45, 2.75) is 6.92 Å². The monoisotopic (exact) mass is 134 g/mol. The van der Waals surface area contributed by atoms with Gasteiger partial charge in [0.2, 0.25) is 5.96 Å². The third-order valence-electron chi connectivity index (χ3n) is 0.460. The Kier molecular flexibility index (Phi) is 4.24. The molecule has 0 heterocycles. The minimum atomic E-state index is 0.261. The molecular formula is C3H10N4S. The lowest BCUT2D eigenvalue weighted by Crippen LogP contribution is -2.27. The normalized spacial score (nSPS) is 11.4. The maximum absolute atomic E-state index is 5.15. The molecule has 0 aliphatic heterocycles. The Morgan fingerprint density at radius 2 is 2.50 bits per heavy atom. The van der Waals surface area contributed by atoms with Crippen molar-refractivity contribution in [2.75, 3.05) is 5.75 Å². The Labute approximate surface area is 52.8 Å². The summed E-state index contributed by atoms with van der Waals surface area (Å²) in [5.41, 5.74) is 5.15. The second-order valence-corrected chi connectivity index (χ2v) is 2.12. The first-order chi connectivity index (χ1) is 3.81. The molecule has 0 aromatic heterocycles. The number of hydrogen-bond acceptors (Lipinski definition) is 3. The molecule has 0 aromatic carbocycles. The van der Waals surface area contributed by atoms with E-state index >= 15 is 0 Å². The second-order valence-electron chi connectivity index (χ2n) is 1.05. The fourth-order valence-corrected chi connectivity index (χ4v) is 0.517. The van der Waals surface area contributed by atoms with Crippen LogP contribution in [0.25, 0.3) is 0 Å². The maximum atomic E-state index is 5.15. The summed E-state index contributed by atoms with van der Waals surface area (Å²) in [7, 11) is 0. The molecule has 5 N–H and O–H groups in total. The molecule has 0 fully saturated rings. The average Bonchev–Trinajstić information content (AvgIpc) is 1.83. The van der Waals surface area contributed by atoms with Crippen molar-refractivity contribution in [1.29, 1.82) is 0 Å². The van der Waals surface area contributed by atoms with Crippen LogP contribution in [0.2, 0.25) is 0 Å². The van der Waals surface area contributed by atoms with Gasteiger partial charge in [-0.3, -0.25) is 4.72 Å². The average molecular weight is 134 g/mol. The summed E-state index contributed by atoms with van der Waals surface area (Å²) >= 11 is 1.45. The topological polar surface area (TPSA) is 76.4 Å². The van der Waals surface area contributed by atoms with Gasteiger partial charge in [0.15, 0.2) is 0 Å². The fraction of sp³-hybridized carbons (Fsp3) is 0.667. The Morgan fingerprint density at radius 3 is 2.88 bits per heavy atom. The lowest BCUT2D eigenvalue weighted by Gasteiger charge is -1.97. The molecule has 0 aromatic rings. The van der Waals surface area contributed by atoms with Gasteiger partial charge < -0.3 is 11.6 Å². The van der Waals surface area contributed by atoms with Crippen LogP contribution in [0.3, 0.4) is 0 Å². The molecule has 0 aliphatic carbocycles. The van der Waals surface area contributed by atoms with E-state index in [1.165, 1.54) is 11.9 Å². The summed E-state index contributed by atoms with van der Waals surface area (Å²) in [6.07, 6.45) is 0. The quantitative estimate of drug-likeness (QED) is 0.155. The minimum absolute atomic E-state index is 0.261. The highest BCUT2D eigenvalue weighted by Crippen LogP contribution is 1.86. The van der Waals surface area contributed by atoms with E-state index in [2.05, 4.69) is 9.82 Å². The third-order valence-corrected chi connectivity index (χ3v) is 1.10. The Morgan fingerprint density at radius 1 is 1.88 bits per heavy atom. The molecule has 0 aliphatic rings. The van der Waals surface area contributed by atoms with E-state index in [1.807, 2.05) is 6.92 Å². The van der Waals surface area contributed by atoms with Crippen LogP contribution in [0.5, 0.6) is 0 Å². The first-order valence-electron chi connectivity index (χ1n) is 2.22. The Hall–Kier alpha value is -0.580. The predicted molar refractivity (Wildman–Crippen MR) is 37.1 cm³/mol. The van der Waals surface area contributed by atoms with Crippen LogP contribution in [-0.2, 0) is 0 Å². The van der Waals surface area contributed by atoms with Crippen molar-refractivity contribution in [3.05, 3.63) is 0 Å². The maximum Gasteiger partial charge on any atom is 0.220 e. The van der Waals surface area contributed by atoms with Crippen molar-refractivity contribution >= 4 is 17.9 Å². The summed E-state index contributed by atoms with van der Waals surface area (Å²) in [6.45, 7) is 2.00. The summed E-state index contributed by atoms with van der Waals surface area (Å²) < 4.78 is 2.70. The summed E-state index contributed by atoms with van der Waals surface area (Å²) in [5, 5.41) is 3.19. The molecule has 0 spiro atoms. The van der Waals surface area contributed by atoms with Gasteiger partial charge in [0.25, 0.3) is 0 Å². The van der Waals surface area contributed by atoms with Crippen molar-refractivity contribution in [3.8, 4) is 0 Å². The molecule has 0 amide bonds. The molecule has 48 valence electrons. The highest BCUT2D eigenvalue weighted by Gasteiger charge is 1.83. The van der Waals surface area contributed by atoms with Crippen LogP contribution in [0, 0.1) is 0 Å². The number of hydrazone groups is 1. The van der Waals surface area contributed by atoms with Gasteiger partial charge in [0.1, 0.15) is 0 Å². The fourth-order valence-electron chi connectivity index (χ4n) is 0.172. The lowest BCUT2D eigenvalue weighted by molar-refractivity contribution is 1.19. The number of guanidine groups is 1. The van der Waals surface area contributed by atoms with E-state index < -0.39 is 0 Å². The highest BCUT2D eigenvalue weighted by molar-refractivity contribution is 7.97. The molecule has 0 bridgehead atoms. The number of rotatable bonds is 2. The van der Waals surface area contributed by atoms with E-state index in [-0.39, 0.29) is 5.96 Å². The molecular weight excluding hydrogens is 124 g/mol. The van der Waals surface area contributed by atoms with E-state index in [1.54, 1.807) is 0 Å². The number of hydrogen-bond donors (Lipinski definition) is 3. The Bertz CT molecular complexity index is 81.4. The molecule has 8 heavy (non-hydrogen) atoms. The predicted octanol–water partition coefficient (Wildman–Crippen LogP) is -0.567. The van der Waals surface area contributed by atoms with Gasteiger partial charge in [0.05, 0.1) is 0 Å². The molecule has 5 heteroatoms. The van der Waals surface area contributed by atoms with Crippen molar-refractivity contribution in [1.82, 2.24) is 4.72 Å². The zero-order chi connectivity index (χ0) is 6.41. The summed E-state index contributed by atoms with van der Waals surface area (Å²) in [4.78, 5) is 0. The molecule has 0 unspecified atom stereocenters. The molecule has 0 atom stereocenters. The zero-order valence-corrected chi connectivity index (χ0v) is 5.53. The van der Waals surface area contributed by atoms with Crippen LogP contribution >= 0.6 is 11.9 Å². The standard InChI is InChI=1S/C3H10N4S/c1-2-8-7-3(4)6-5/h2,5H2,1H3,(H3,4,6,7). The SMILES string of the molecule is CCSNC(N)=NN. The van der Waals surface area contributed by atoms with Gasteiger partial charge in [-0.25, -0.2) is 0 Å². The lowest BCUT2D eigenvalue weighted by atomic mass is 11.0. The first-order valence-corrected chi connectivity index (χ1v) is 3.21. The number of nitrogens with two attached hydrogens (primary N) is 2. The van der Waals surface area contributed by atoms with Gasteiger partial charge in [-0.15, -0.1) is 5.10 Å². The number of nitrogens with one attached hydrogen (secondary N) is 1. The van der Waals surface area contributed by atoms with Gasteiger partial charge in [-0.2, -0.15) is 0 Å². The largest absolute Gasteiger partial charge is 0.368 e. The van der Waals surface area contributed by atoms with Gasteiger partial charge >= 0.3 is 0 Å². The van der Waals surface area contributed by atoms with E-state index in [0.29, 0.717) is 0 Å². The van der Waals surface area contributed by atoms with Gasteiger partial charge in [0, 0.05) is 5.75 Å². The van der Waals surface area contributed by atoms with Crippen LogP contribution in [-0.4, -0.2) is 11.7 Å². The minimum Gasteiger partial charge on any atom is -0.368 e. The number of nitrogens with zero attached hydrogens (tertiary/aromatic N) is 1. The Balaban J connectivity index is 3.12. The third kappa shape index (κ3) is 3.60. The molecule has 0 saturated heterocycles. The van der Waals surface area contributed by atoms with Crippen molar-refractivity contribution < 1.29 is 0 Å². The van der Waals surface area contributed by atoms with Crippen LogP contribution in [0.4, 0.5) is 0 Å². The molecule has 0 radical (unpaired) electrons. The highest BCUT2D eigenvalue weighted by atomic mass is 32.2. The van der Waals surface area contributed by atoms with Crippen LogP contribution < -0.4 is 16.3 Å². The molecule has 4 nitrogen and oxygen atoms in total. The summed E-state index contributed by atoms with van der Waals surface area (Å²) in [6, 6.07) is 0. The first kappa shape index (κ1) is 7.42. The van der Waals surface area contributed by atoms with E-state index in [4.69, 9.17) is 11.6 Å². The smallest absolute Gasteiger partial charge is 0.220 e. The zero-order valence-electron chi connectivity index (χ0n) is 4.72. The van der Waals surface area contributed by atoms with Crippen molar-refractivity contribution in [3.63, 3.8) is 0 Å². The van der Waals surface area contributed by atoms with Crippen LogP contribution in [0.15, 0.2) is 5.10 Å². The van der Waals surface area contributed by atoms with Gasteiger partial charge in [-0.05, 0) is 0 Å².